The van der Waals surface area contributed by atoms with Gasteiger partial charge in [-0.2, -0.15) is 0 Å². The molecule has 0 aromatic heterocycles. The molecular weight excluding hydrogens is 502 g/mol. The average Bonchev–Trinajstić information content (AvgIpc) is 3.60. The smallest absolute Gasteiger partial charge is 0.315 e. The Morgan fingerprint density at radius 2 is 2.05 bits per heavy atom. The lowest BCUT2D eigenvalue weighted by Gasteiger charge is -2.58. The minimum absolute atomic E-state index is 0.0129. The first-order valence-corrected chi connectivity index (χ1v) is 15.2. The van der Waals surface area contributed by atoms with E-state index in [1.807, 2.05) is 0 Å². The zero-order valence-electron chi connectivity index (χ0n) is 23.2. The summed E-state index contributed by atoms with van der Waals surface area (Å²) in [6, 6.07) is 0. The van der Waals surface area contributed by atoms with E-state index >= 15 is 0 Å². The summed E-state index contributed by atoms with van der Waals surface area (Å²) in [5.74, 6) is 0.228. The summed E-state index contributed by atoms with van der Waals surface area (Å²) in [7, 11) is 0. The van der Waals surface area contributed by atoms with Gasteiger partial charge in [-0.15, -0.1) is 0 Å². The Labute approximate surface area is 232 Å². The maximum absolute atomic E-state index is 13.6. The highest BCUT2D eigenvalue weighted by Crippen LogP contribution is 2.82. The van der Waals surface area contributed by atoms with Gasteiger partial charge < -0.3 is 19.4 Å². The van der Waals surface area contributed by atoms with E-state index in [9.17, 15) is 14.7 Å². The molecule has 0 aromatic carbocycles. The van der Waals surface area contributed by atoms with Crippen molar-refractivity contribution in [2.75, 3.05) is 26.3 Å². The molecule has 6 rings (SSSR count). The van der Waals surface area contributed by atoms with Gasteiger partial charge in [0, 0.05) is 22.5 Å². The molecule has 0 unspecified atom stereocenters. The van der Waals surface area contributed by atoms with Crippen LogP contribution in [0.15, 0.2) is 23.3 Å². The normalized spacial score (nSPS) is 45.0. The highest BCUT2D eigenvalue weighted by Gasteiger charge is 2.84. The van der Waals surface area contributed by atoms with Crippen molar-refractivity contribution in [3.63, 3.8) is 0 Å². The molecule has 1 N–H and O–H groups in total. The Balaban J connectivity index is 1.34. The molecule has 1 saturated heterocycles. The van der Waals surface area contributed by atoms with Crippen LogP contribution in [-0.2, 0) is 19.1 Å². The molecule has 6 aliphatic rings. The summed E-state index contributed by atoms with van der Waals surface area (Å²) in [6.45, 7) is 12.5. The summed E-state index contributed by atoms with van der Waals surface area (Å²) in [4.78, 5) is 29.2. The number of fused-ring (bicyclic) bond motifs is 2. The van der Waals surface area contributed by atoms with Gasteiger partial charge in [0.1, 0.15) is 11.7 Å². The van der Waals surface area contributed by atoms with Crippen LogP contribution in [0.25, 0.3) is 0 Å². The molecule has 5 fully saturated rings. The van der Waals surface area contributed by atoms with Gasteiger partial charge in [-0.3, -0.25) is 9.69 Å². The lowest BCUT2D eigenvalue weighted by atomic mass is 9.43. The first-order valence-electron chi connectivity index (χ1n) is 14.8. The van der Waals surface area contributed by atoms with E-state index in [4.69, 9.17) is 21.1 Å². The number of hydrogen-bond acceptors (Lipinski definition) is 5. The van der Waals surface area contributed by atoms with Gasteiger partial charge in [-0.1, -0.05) is 69.9 Å². The molecule has 0 amide bonds. The third-order valence-electron chi connectivity index (χ3n) is 12.1. The number of rotatable bonds is 8. The molecule has 38 heavy (non-hydrogen) atoms. The van der Waals surface area contributed by atoms with Crippen LogP contribution in [-0.4, -0.2) is 60.4 Å². The fourth-order valence-corrected chi connectivity index (χ4v) is 10.8. The molecule has 8 atom stereocenters. The standard InChI is InChI=1S/C31H44ClNO5/c1-19(2)25-11-22-12-29(16-34)24-8-7-20(3)23(24)13-30(22,31(25,29)27(35)36)18-38-26-15-33(14-21(4)32)28(17-37-26)9-5-6-10-28/h11,16,19-20,22-24,26H,4-10,12-15,17-18H2,1-3H3,(H,35,36)/t20-,22+,23-,24-,26+,29+,30+,31+/m1/s1. The van der Waals surface area contributed by atoms with Crippen LogP contribution in [0.4, 0.5) is 0 Å². The highest BCUT2D eigenvalue weighted by atomic mass is 35.5. The van der Waals surface area contributed by atoms with Crippen molar-refractivity contribution in [3.8, 4) is 0 Å². The van der Waals surface area contributed by atoms with E-state index in [0.29, 0.717) is 49.6 Å². The lowest BCUT2D eigenvalue weighted by molar-refractivity contribution is -0.241. The molecule has 210 valence electrons. The number of ether oxygens (including phenoxy) is 2. The predicted octanol–water partition coefficient (Wildman–Crippen LogP) is 5.65. The molecule has 0 aromatic rings. The number of aldehydes is 1. The number of carbonyl (C=O) groups is 2. The second kappa shape index (κ2) is 9.15. The zero-order chi connectivity index (χ0) is 27.1. The third kappa shape index (κ3) is 3.30. The van der Waals surface area contributed by atoms with Crippen molar-refractivity contribution in [3.05, 3.63) is 23.3 Å². The monoisotopic (exact) mass is 545 g/mol. The number of allylic oxidation sites excluding steroid dienone is 1. The Hall–Kier alpha value is -1.21. The van der Waals surface area contributed by atoms with Gasteiger partial charge in [0.2, 0.25) is 0 Å². The van der Waals surface area contributed by atoms with Crippen molar-refractivity contribution in [1.82, 2.24) is 4.90 Å². The number of hydrogen-bond donors (Lipinski definition) is 1. The number of aliphatic carboxylic acids is 1. The fourth-order valence-electron chi connectivity index (χ4n) is 10.7. The maximum atomic E-state index is 13.6. The average molecular weight is 546 g/mol. The Morgan fingerprint density at radius 1 is 1.32 bits per heavy atom. The van der Waals surface area contributed by atoms with Gasteiger partial charge in [-0.05, 0) is 61.7 Å². The lowest BCUT2D eigenvalue weighted by Crippen LogP contribution is -2.64. The van der Waals surface area contributed by atoms with Crippen molar-refractivity contribution >= 4 is 23.9 Å². The fraction of sp³-hybridized carbons (Fsp3) is 0.806. The van der Waals surface area contributed by atoms with E-state index in [0.717, 1.165) is 44.0 Å². The van der Waals surface area contributed by atoms with Crippen LogP contribution >= 0.6 is 11.6 Å². The number of halogens is 1. The van der Waals surface area contributed by atoms with Gasteiger partial charge >= 0.3 is 5.97 Å². The molecule has 4 saturated carbocycles. The third-order valence-corrected chi connectivity index (χ3v) is 12.2. The van der Waals surface area contributed by atoms with Crippen LogP contribution in [0, 0.1) is 45.8 Å². The molecule has 7 heteroatoms. The van der Waals surface area contributed by atoms with Crippen LogP contribution in [0.5, 0.6) is 0 Å². The number of morpholine rings is 1. The summed E-state index contributed by atoms with van der Waals surface area (Å²) < 4.78 is 13.0. The molecule has 1 heterocycles. The van der Waals surface area contributed by atoms with E-state index in [2.05, 4.69) is 38.3 Å². The van der Waals surface area contributed by atoms with Crippen LogP contribution in [0.1, 0.15) is 72.1 Å². The second-order valence-electron chi connectivity index (χ2n) is 13.9. The molecule has 1 aliphatic heterocycles. The summed E-state index contributed by atoms with van der Waals surface area (Å²) in [5.41, 5.74) is -1.77. The van der Waals surface area contributed by atoms with Gasteiger partial charge in [0.25, 0.3) is 0 Å². The number of carboxylic acids is 1. The second-order valence-corrected chi connectivity index (χ2v) is 14.4. The van der Waals surface area contributed by atoms with Gasteiger partial charge in [0.15, 0.2) is 6.29 Å². The largest absolute Gasteiger partial charge is 0.481 e. The topological polar surface area (TPSA) is 76.1 Å². The van der Waals surface area contributed by atoms with Crippen molar-refractivity contribution < 1.29 is 24.2 Å². The summed E-state index contributed by atoms with van der Waals surface area (Å²) >= 11 is 6.29. The SMILES string of the molecule is C=C(Cl)CN1C[C@H](OC[C@@]23C[C@@H]4[C@H](C)CC[C@H]4[C@@]4(C=O)C[C@@H]2C=C(C(C)C)[C@@]34C(=O)O)OCC12CCCC2. The van der Waals surface area contributed by atoms with E-state index in [1.165, 1.54) is 12.8 Å². The van der Waals surface area contributed by atoms with Crippen molar-refractivity contribution in [2.45, 2.75) is 84.0 Å². The molecule has 4 bridgehead atoms. The minimum Gasteiger partial charge on any atom is -0.481 e. The Bertz CT molecular complexity index is 1050. The van der Waals surface area contributed by atoms with Crippen molar-refractivity contribution in [2.24, 2.45) is 45.8 Å². The molecular formula is C31H44ClNO5. The predicted molar refractivity (Wildman–Crippen MR) is 145 cm³/mol. The van der Waals surface area contributed by atoms with Gasteiger partial charge in [-0.25, -0.2) is 0 Å². The Kier molecular flexibility index (Phi) is 6.50. The number of carbonyl (C=O) groups excluding carboxylic acids is 1. The molecule has 0 radical (unpaired) electrons. The summed E-state index contributed by atoms with van der Waals surface area (Å²) in [5, 5.41) is 11.8. The Morgan fingerprint density at radius 3 is 2.68 bits per heavy atom. The zero-order valence-corrected chi connectivity index (χ0v) is 24.0. The van der Waals surface area contributed by atoms with E-state index in [-0.39, 0.29) is 23.3 Å². The molecule has 5 aliphatic carbocycles. The quantitative estimate of drug-likeness (QED) is 0.314. The van der Waals surface area contributed by atoms with Crippen LogP contribution < -0.4 is 0 Å². The molecule has 6 nitrogen and oxygen atoms in total. The number of nitrogens with zero attached hydrogens (tertiary/aromatic N) is 1. The first-order chi connectivity index (χ1) is 18.1. The highest BCUT2D eigenvalue weighted by molar-refractivity contribution is 6.29. The van der Waals surface area contributed by atoms with Crippen molar-refractivity contribution in [1.29, 1.82) is 0 Å². The first kappa shape index (κ1) is 27.0. The van der Waals surface area contributed by atoms with Crippen LogP contribution in [0.2, 0.25) is 0 Å². The van der Waals surface area contributed by atoms with E-state index < -0.39 is 28.5 Å². The van der Waals surface area contributed by atoms with Gasteiger partial charge in [0.05, 0.1) is 25.2 Å². The minimum atomic E-state index is -1.21. The molecule has 1 spiro atoms. The maximum Gasteiger partial charge on any atom is 0.315 e. The summed E-state index contributed by atoms with van der Waals surface area (Å²) in [6.07, 6.45) is 10.8. The van der Waals surface area contributed by atoms with E-state index in [1.54, 1.807) is 0 Å². The number of carboxylic acid groups (broad SMARTS) is 1. The van der Waals surface area contributed by atoms with Crippen LogP contribution in [0.3, 0.4) is 0 Å².